The van der Waals surface area contributed by atoms with Gasteiger partial charge in [-0.2, -0.15) is 0 Å². The molecule has 5 heteroatoms. The maximum Gasteiger partial charge on any atom is 0.182 e. The molecule has 0 saturated carbocycles. The first-order valence-corrected chi connectivity index (χ1v) is 5.63. The van der Waals surface area contributed by atoms with Crippen molar-refractivity contribution in [3.05, 3.63) is 12.7 Å². The van der Waals surface area contributed by atoms with Gasteiger partial charge in [0.15, 0.2) is 11.5 Å². The van der Waals surface area contributed by atoms with Crippen LogP contribution in [0.5, 0.6) is 0 Å². The van der Waals surface area contributed by atoms with Crippen molar-refractivity contribution in [2.45, 2.75) is 33.2 Å². The highest BCUT2D eigenvalue weighted by molar-refractivity contribution is 5.81. The number of hydrogen-bond acceptors (Lipinski definition) is 4. The van der Waals surface area contributed by atoms with Gasteiger partial charge in [-0.3, -0.25) is 0 Å². The summed E-state index contributed by atoms with van der Waals surface area (Å²) in [6.45, 7) is 6.58. The lowest BCUT2D eigenvalue weighted by atomic mass is 10.0. The van der Waals surface area contributed by atoms with E-state index < -0.39 is 0 Å². The van der Waals surface area contributed by atoms with Crippen molar-refractivity contribution in [1.29, 1.82) is 0 Å². The highest BCUT2D eigenvalue weighted by atomic mass is 15.1. The first-order valence-electron chi connectivity index (χ1n) is 5.63. The minimum absolute atomic E-state index is 0.381. The van der Waals surface area contributed by atoms with Gasteiger partial charge in [-0.05, 0) is 12.8 Å². The number of imidazole rings is 1. The van der Waals surface area contributed by atoms with Crippen LogP contribution >= 0.6 is 0 Å². The van der Waals surface area contributed by atoms with Crippen molar-refractivity contribution in [3.63, 3.8) is 0 Å². The molecule has 2 heterocycles. The van der Waals surface area contributed by atoms with Crippen LogP contribution in [0.2, 0.25) is 0 Å². The molecule has 16 heavy (non-hydrogen) atoms. The Morgan fingerprint density at radius 2 is 2.12 bits per heavy atom. The van der Waals surface area contributed by atoms with Crippen molar-refractivity contribution in [2.24, 2.45) is 5.92 Å². The molecule has 2 atom stereocenters. The van der Waals surface area contributed by atoms with Crippen LogP contribution in [0.1, 0.15) is 27.2 Å². The van der Waals surface area contributed by atoms with E-state index in [9.17, 15) is 0 Å². The monoisotopic (exact) mass is 219 g/mol. The van der Waals surface area contributed by atoms with Crippen LogP contribution in [0.4, 0.5) is 5.82 Å². The van der Waals surface area contributed by atoms with Gasteiger partial charge in [-0.1, -0.05) is 20.3 Å². The molecule has 0 aromatic carbocycles. The van der Waals surface area contributed by atoms with Crippen LogP contribution in [-0.2, 0) is 0 Å². The molecule has 2 aromatic rings. The average molecular weight is 219 g/mol. The molecule has 0 spiro atoms. The van der Waals surface area contributed by atoms with Crippen LogP contribution in [0.3, 0.4) is 0 Å². The van der Waals surface area contributed by atoms with Gasteiger partial charge in [0.2, 0.25) is 0 Å². The summed E-state index contributed by atoms with van der Waals surface area (Å²) in [5.41, 5.74) is 1.58. The van der Waals surface area contributed by atoms with Gasteiger partial charge in [0.1, 0.15) is 11.8 Å². The molecule has 0 fully saturated rings. The fraction of sp³-hybridized carbons (Fsp3) is 0.545. The second-order valence-corrected chi connectivity index (χ2v) is 4.14. The van der Waals surface area contributed by atoms with Gasteiger partial charge in [-0.25, -0.2) is 15.0 Å². The van der Waals surface area contributed by atoms with E-state index in [2.05, 4.69) is 46.0 Å². The molecule has 0 aliphatic carbocycles. The second-order valence-electron chi connectivity index (χ2n) is 4.14. The van der Waals surface area contributed by atoms with Crippen LogP contribution in [0, 0.1) is 5.92 Å². The Hall–Kier alpha value is -1.65. The molecule has 0 radical (unpaired) electrons. The smallest absolute Gasteiger partial charge is 0.182 e. The number of H-pyrrole nitrogens is 1. The lowest BCUT2D eigenvalue weighted by Gasteiger charge is -2.20. The SMILES string of the molecule is CCC(C)C(C)Nc1ncnc2nc[nH]c12. The number of aromatic nitrogens is 4. The first kappa shape index (κ1) is 10.9. The summed E-state index contributed by atoms with van der Waals surface area (Å²) in [6.07, 6.45) is 4.32. The summed E-state index contributed by atoms with van der Waals surface area (Å²) in [5, 5.41) is 3.40. The first-order chi connectivity index (χ1) is 7.72. The average Bonchev–Trinajstić information content (AvgIpc) is 2.77. The molecule has 86 valence electrons. The summed E-state index contributed by atoms with van der Waals surface area (Å²) in [7, 11) is 0. The summed E-state index contributed by atoms with van der Waals surface area (Å²) < 4.78 is 0. The van der Waals surface area contributed by atoms with Crippen LogP contribution in [0.15, 0.2) is 12.7 Å². The van der Waals surface area contributed by atoms with Crippen LogP contribution < -0.4 is 5.32 Å². The zero-order valence-corrected chi connectivity index (χ0v) is 9.86. The quantitative estimate of drug-likeness (QED) is 0.827. The number of rotatable bonds is 4. The molecule has 0 aliphatic heterocycles. The Labute approximate surface area is 94.7 Å². The van der Waals surface area contributed by atoms with E-state index >= 15 is 0 Å². The van der Waals surface area contributed by atoms with E-state index in [4.69, 9.17) is 0 Å². The van der Waals surface area contributed by atoms with Gasteiger partial charge in [-0.15, -0.1) is 0 Å². The van der Waals surface area contributed by atoms with Gasteiger partial charge in [0.25, 0.3) is 0 Å². The maximum absolute atomic E-state index is 4.24. The Morgan fingerprint density at radius 3 is 2.88 bits per heavy atom. The van der Waals surface area contributed by atoms with E-state index in [1.165, 1.54) is 6.33 Å². The molecular weight excluding hydrogens is 202 g/mol. The molecular formula is C11H17N5. The third-order valence-electron chi connectivity index (χ3n) is 3.08. The van der Waals surface area contributed by atoms with Crippen molar-refractivity contribution in [1.82, 2.24) is 19.9 Å². The standard InChI is InChI=1S/C11H17N5/c1-4-7(2)8(3)16-11-9-10(13-5-12-9)14-6-15-11/h5-8H,4H2,1-3H3,(H2,12,13,14,15,16). The minimum atomic E-state index is 0.381. The third-order valence-corrected chi connectivity index (χ3v) is 3.08. The lowest BCUT2D eigenvalue weighted by molar-refractivity contribution is 0.494. The topological polar surface area (TPSA) is 66.5 Å². The predicted octanol–water partition coefficient (Wildman–Crippen LogP) is 2.20. The van der Waals surface area contributed by atoms with Gasteiger partial charge < -0.3 is 10.3 Å². The number of aromatic amines is 1. The molecule has 2 aromatic heterocycles. The summed E-state index contributed by atoms with van der Waals surface area (Å²) in [4.78, 5) is 15.5. The Kier molecular flexibility index (Phi) is 3.03. The van der Waals surface area contributed by atoms with Crippen molar-refractivity contribution in [3.8, 4) is 0 Å². The fourth-order valence-electron chi connectivity index (χ4n) is 1.59. The van der Waals surface area contributed by atoms with Gasteiger partial charge in [0.05, 0.1) is 6.33 Å². The van der Waals surface area contributed by atoms with Crippen molar-refractivity contribution >= 4 is 17.0 Å². The Balaban J connectivity index is 2.23. The lowest BCUT2D eigenvalue weighted by Crippen LogP contribution is -2.24. The molecule has 0 amide bonds. The normalized spacial score (nSPS) is 14.9. The molecule has 0 bridgehead atoms. The van der Waals surface area contributed by atoms with E-state index in [1.807, 2.05) is 0 Å². The number of fused-ring (bicyclic) bond motifs is 1. The van der Waals surface area contributed by atoms with E-state index in [1.54, 1.807) is 6.33 Å². The summed E-state index contributed by atoms with van der Waals surface area (Å²) in [6, 6.07) is 0.381. The molecule has 5 nitrogen and oxygen atoms in total. The number of nitrogens with one attached hydrogen (secondary N) is 2. The molecule has 2 rings (SSSR count). The largest absolute Gasteiger partial charge is 0.365 e. The molecule has 0 saturated heterocycles. The third kappa shape index (κ3) is 1.98. The zero-order chi connectivity index (χ0) is 11.5. The molecule has 2 unspecified atom stereocenters. The number of anilines is 1. The fourth-order valence-corrected chi connectivity index (χ4v) is 1.59. The summed E-state index contributed by atoms with van der Waals surface area (Å²) in [5.74, 6) is 1.43. The molecule has 2 N–H and O–H groups in total. The van der Waals surface area contributed by atoms with Gasteiger partial charge in [0, 0.05) is 6.04 Å². The minimum Gasteiger partial charge on any atom is -0.365 e. The highest BCUT2D eigenvalue weighted by Crippen LogP contribution is 2.18. The van der Waals surface area contributed by atoms with Gasteiger partial charge >= 0.3 is 0 Å². The van der Waals surface area contributed by atoms with Crippen LogP contribution in [-0.4, -0.2) is 26.0 Å². The summed E-state index contributed by atoms with van der Waals surface area (Å²) >= 11 is 0. The second kappa shape index (κ2) is 4.47. The number of hydrogen-bond donors (Lipinski definition) is 2. The predicted molar refractivity (Wildman–Crippen MR) is 64.2 cm³/mol. The van der Waals surface area contributed by atoms with Crippen molar-refractivity contribution < 1.29 is 0 Å². The highest BCUT2D eigenvalue weighted by Gasteiger charge is 2.13. The van der Waals surface area contributed by atoms with E-state index in [-0.39, 0.29) is 0 Å². The Bertz CT molecular complexity index is 464. The zero-order valence-electron chi connectivity index (χ0n) is 9.86. The van der Waals surface area contributed by atoms with E-state index in [0.29, 0.717) is 17.6 Å². The van der Waals surface area contributed by atoms with Crippen molar-refractivity contribution in [2.75, 3.05) is 5.32 Å². The van der Waals surface area contributed by atoms with E-state index in [0.717, 1.165) is 17.8 Å². The Morgan fingerprint density at radius 1 is 1.31 bits per heavy atom. The maximum atomic E-state index is 4.24. The van der Waals surface area contributed by atoms with Crippen LogP contribution in [0.25, 0.3) is 11.2 Å². The number of nitrogens with zero attached hydrogens (tertiary/aromatic N) is 3. The molecule has 0 aliphatic rings.